The molecule has 2 N–H and O–H groups in total. The lowest BCUT2D eigenvalue weighted by molar-refractivity contribution is -0.123. The van der Waals surface area contributed by atoms with Crippen LogP contribution in [0.2, 0.25) is 0 Å². The third-order valence-electron chi connectivity index (χ3n) is 3.86. The summed E-state index contributed by atoms with van der Waals surface area (Å²) in [6.07, 6.45) is 3.85. The van der Waals surface area contributed by atoms with E-state index in [0.717, 1.165) is 5.82 Å². The first-order valence-electron chi connectivity index (χ1n) is 8.90. The Hall–Kier alpha value is -3.55. The summed E-state index contributed by atoms with van der Waals surface area (Å²) in [4.78, 5) is 20.7. The van der Waals surface area contributed by atoms with Gasteiger partial charge in [-0.05, 0) is 31.2 Å². The summed E-state index contributed by atoms with van der Waals surface area (Å²) in [6.45, 7) is 2.77. The lowest BCUT2D eigenvalue weighted by Gasteiger charge is -2.11. The van der Waals surface area contributed by atoms with Crippen molar-refractivity contribution in [2.45, 2.75) is 6.92 Å². The molecule has 2 heterocycles. The number of amides is 1. The van der Waals surface area contributed by atoms with Crippen LogP contribution in [0.15, 0.2) is 54.9 Å². The van der Waals surface area contributed by atoms with Crippen molar-refractivity contribution >= 4 is 11.7 Å². The largest absolute Gasteiger partial charge is 0.497 e. The number of carbonyl (C=O) groups excluding carboxylic acids is 1. The molecule has 1 aromatic carbocycles. The van der Waals surface area contributed by atoms with Crippen LogP contribution in [0.5, 0.6) is 11.5 Å². The molecule has 0 aliphatic heterocycles. The van der Waals surface area contributed by atoms with E-state index in [2.05, 4.69) is 20.6 Å². The molecule has 0 saturated heterocycles. The van der Waals surface area contributed by atoms with E-state index in [-0.39, 0.29) is 12.5 Å². The Kier molecular flexibility index (Phi) is 6.46. The smallest absolute Gasteiger partial charge is 0.258 e. The molecular weight excluding hydrogens is 358 g/mol. The highest BCUT2D eigenvalue weighted by molar-refractivity contribution is 5.77. The summed E-state index contributed by atoms with van der Waals surface area (Å²) < 4.78 is 12.5. The molecule has 3 rings (SSSR count). The highest BCUT2D eigenvalue weighted by atomic mass is 16.5. The molecule has 0 aliphatic rings. The Morgan fingerprint density at radius 1 is 1.07 bits per heavy atom. The Morgan fingerprint density at radius 2 is 1.86 bits per heavy atom. The van der Waals surface area contributed by atoms with Gasteiger partial charge in [0, 0.05) is 37.6 Å². The van der Waals surface area contributed by atoms with Gasteiger partial charge in [0.25, 0.3) is 5.91 Å². The first-order valence-corrected chi connectivity index (χ1v) is 8.90. The van der Waals surface area contributed by atoms with Crippen molar-refractivity contribution < 1.29 is 14.3 Å². The summed E-state index contributed by atoms with van der Waals surface area (Å²) in [5, 5.41) is 6.00. The van der Waals surface area contributed by atoms with E-state index >= 15 is 0 Å². The van der Waals surface area contributed by atoms with Crippen LogP contribution < -0.4 is 20.1 Å². The fraction of sp³-hybridized carbons (Fsp3) is 0.250. The Bertz CT molecular complexity index is 912. The Morgan fingerprint density at radius 3 is 2.64 bits per heavy atom. The number of aromatic nitrogens is 3. The summed E-state index contributed by atoms with van der Waals surface area (Å²) >= 11 is 0. The minimum absolute atomic E-state index is 0.0580. The average molecular weight is 381 g/mol. The van der Waals surface area contributed by atoms with Crippen molar-refractivity contribution in [3.05, 3.63) is 60.7 Å². The third-order valence-corrected chi connectivity index (χ3v) is 3.86. The zero-order chi connectivity index (χ0) is 19.8. The first-order chi connectivity index (χ1) is 13.6. The monoisotopic (exact) mass is 381 g/mol. The van der Waals surface area contributed by atoms with Crippen LogP contribution in [0.25, 0.3) is 5.82 Å². The van der Waals surface area contributed by atoms with Crippen molar-refractivity contribution in [3.8, 4) is 17.3 Å². The molecule has 28 heavy (non-hydrogen) atoms. The second-order valence-electron chi connectivity index (χ2n) is 5.99. The van der Waals surface area contributed by atoms with Gasteiger partial charge in [-0.2, -0.15) is 0 Å². The van der Waals surface area contributed by atoms with Crippen LogP contribution in [-0.2, 0) is 4.79 Å². The Labute approximate surface area is 163 Å². The maximum Gasteiger partial charge on any atom is 0.258 e. The molecule has 0 atom stereocenters. The number of ether oxygens (including phenoxy) is 2. The number of rotatable bonds is 9. The molecule has 2 aromatic heterocycles. The normalized spacial score (nSPS) is 10.4. The van der Waals surface area contributed by atoms with Crippen molar-refractivity contribution in [3.63, 3.8) is 0 Å². The van der Waals surface area contributed by atoms with Gasteiger partial charge in [0.05, 0.1) is 7.11 Å². The maximum absolute atomic E-state index is 11.9. The number of carbonyl (C=O) groups is 1. The number of benzene rings is 1. The fourth-order valence-corrected chi connectivity index (χ4v) is 2.55. The van der Waals surface area contributed by atoms with E-state index < -0.39 is 0 Å². The second-order valence-corrected chi connectivity index (χ2v) is 5.99. The SMILES string of the molecule is COc1cccc(OCC(=O)NCCNc2cc(-n3cccc3)nc(C)n2)c1. The van der Waals surface area contributed by atoms with Gasteiger partial charge in [-0.1, -0.05) is 6.07 Å². The molecule has 1 amide bonds. The van der Waals surface area contributed by atoms with Crippen molar-refractivity contribution in [2.75, 3.05) is 32.1 Å². The summed E-state index contributed by atoms with van der Waals surface area (Å²) in [6, 6.07) is 12.9. The molecule has 0 fully saturated rings. The number of aryl methyl sites for hydroxylation is 1. The number of methoxy groups -OCH3 is 1. The van der Waals surface area contributed by atoms with Crippen molar-refractivity contribution in [1.82, 2.24) is 19.9 Å². The fourth-order valence-electron chi connectivity index (χ4n) is 2.55. The molecule has 0 radical (unpaired) electrons. The zero-order valence-electron chi connectivity index (χ0n) is 15.9. The van der Waals surface area contributed by atoms with Crippen LogP contribution >= 0.6 is 0 Å². The lowest BCUT2D eigenvalue weighted by atomic mass is 10.3. The maximum atomic E-state index is 11.9. The van der Waals surface area contributed by atoms with Crippen LogP contribution in [0.1, 0.15) is 5.82 Å². The van der Waals surface area contributed by atoms with Gasteiger partial charge in [-0.3, -0.25) is 4.79 Å². The van der Waals surface area contributed by atoms with Crippen LogP contribution in [-0.4, -0.2) is 47.2 Å². The van der Waals surface area contributed by atoms with E-state index in [1.165, 1.54) is 0 Å². The van der Waals surface area contributed by atoms with Crippen LogP contribution in [0.4, 0.5) is 5.82 Å². The van der Waals surface area contributed by atoms with Crippen LogP contribution in [0, 0.1) is 6.92 Å². The van der Waals surface area contributed by atoms with E-state index in [4.69, 9.17) is 9.47 Å². The Balaban J connectivity index is 1.42. The molecule has 8 nitrogen and oxygen atoms in total. The summed E-state index contributed by atoms with van der Waals surface area (Å²) in [7, 11) is 1.58. The van der Waals surface area contributed by atoms with Crippen LogP contribution in [0.3, 0.4) is 0 Å². The molecule has 0 bridgehead atoms. The number of hydrogen-bond acceptors (Lipinski definition) is 6. The highest BCUT2D eigenvalue weighted by Gasteiger charge is 2.05. The minimum Gasteiger partial charge on any atom is -0.497 e. The van der Waals surface area contributed by atoms with Crippen molar-refractivity contribution in [1.29, 1.82) is 0 Å². The van der Waals surface area contributed by atoms with Gasteiger partial charge in [-0.15, -0.1) is 0 Å². The number of nitrogens with zero attached hydrogens (tertiary/aromatic N) is 3. The second kappa shape index (κ2) is 9.40. The van der Waals surface area contributed by atoms with Gasteiger partial charge in [0.2, 0.25) is 0 Å². The number of nitrogens with one attached hydrogen (secondary N) is 2. The zero-order valence-corrected chi connectivity index (χ0v) is 15.9. The quantitative estimate of drug-likeness (QED) is 0.552. The van der Waals surface area contributed by atoms with E-state index in [9.17, 15) is 4.79 Å². The van der Waals surface area contributed by atoms with Gasteiger partial charge >= 0.3 is 0 Å². The molecule has 0 unspecified atom stereocenters. The molecule has 146 valence electrons. The average Bonchev–Trinajstić information content (AvgIpc) is 3.24. The molecule has 0 spiro atoms. The first kappa shape index (κ1) is 19.2. The van der Waals surface area contributed by atoms with Crippen molar-refractivity contribution in [2.24, 2.45) is 0 Å². The van der Waals surface area contributed by atoms with Gasteiger partial charge in [-0.25, -0.2) is 9.97 Å². The van der Waals surface area contributed by atoms with Gasteiger partial charge < -0.3 is 24.7 Å². The third kappa shape index (κ3) is 5.47. The number of anilines is 1. The predicted molar refractivity (Wildman–Crippen MR) is 106 cm³/mol. The van der Waals surface area contributed by atoms with E-state index in [1.54, 1.807) is 19.2 Å². The molecule has 0 aliphatic carbocycles. The topological polar surface area (TPSA) is 90.3 Å². The molecular formula is C20H23N5O3. The standard InChI is InChI=1S/C20H23N5O3/c1-15-23-18(13-19(24-15)25-10-3-4-11-25)21-8-9-22-20(26)14-28-17-7-5-6-16(12-17)27-2/h3-7,10-13H,8-9,14H2,1-2H3,(H,22,26)(H,21,23,24). The summed E-state index contributed by atoms with van der Waals surface area (Å²) in [5.41, 5.74) is 0. The number of hydrogen-bond donors (Lipinski definition) is 2. The lowest BCUT2D eigenvalue weighted by Crippen LogP contribution is -2.32. The molecule has 8 heteroatoms. The minimum atomic E-state index is -0.198. The molecule has 3 aromatic rings. The van der Waals surface area contributed by atoms with E-state index in [1.807, 2.05) is 54.2 Å². The molecule has 0 saturated carbocycles. The summed E-state index contributed by atoms with van der Waals surface area (Å²) in [5.74, 6) is 3.23. The highest BCUT2D eigenvalue weighted by Crippen LogP contribution is 2.18. The van der Waals surface area contributed by atoms with Gasteiger partial charge in [0.1, 0.15) is 29.0 Å². The van der Waals surface area contributed by atoms with Gasteiger partial charge in [0.15, 0.2) is 6.61 Å². The van der Waals surface area contributed by atoms with E-state index in [0.29, 0.717) is 36.2 Å². The predicted octanol–water partition coefficient (Wildman–Crippen LogP) is 2.19.